The highest BCUT2D eigenvalue weighted by Gasteiger charge is 2.54. The molecule has 564 valence electrons. The first-order chi connectivity index (χ1) is 56.8. The Labute approximate surface area is 666 Å². The van der Waals surface area contributed by atoms with Crippen LogP contribution in [0.25, 0.3) is 185 Å². The Balaban J connectivity index is 0.0000000937. The summed E-state index contributed by atoms with van der Waals surface area (Å²) in [6, 6.07) is 71.6. The molecule has 13 aromatic rings. The van der Waals surface area contributed by atoms with Gasteiger partial charge in [0.15, 0.2) is 0 Å². The van der Waals surface area contributed by atoms with Crippen molar-refractivity contribution < 1.29 is 10.2 Å². The number of hydrogen-bond acceptors (Lipinski definition) is 10. The standard InChI is InChI=1S/4C20H14N4.C18H24O2/c4*1-2-14-10-16-5-6-18(23-16)12-20-8-7-19(24-20)11-17-4-3-15(22-17)9-13(1)21-14;1-18-9-8-14-13-5-3-12(19)10-11(13)2-4-15(14)16(18)6-7-17(18)20/h4*1-12,21-22H;3,5,10,14-17,19-20H,2,4,6-9H2,1H3/t;;;;14-,15-,16+,17?,18+/m....1/s1. The van der Waals surface area contributed by atoms with Gasteiger partial charge >= 0.3 is 0 Å². The summed E-state index contributed by atoms with van der Waals surface area (Å²) >= 11 is 0. The third-order valence-corrected chi connectivity index (χ3v) is 22.8. The van der Waals surface area contributed by atoms with Crippen LogP contribution in [0.3, 0.4) is 0 Å². The third kappa shape index (κ3) is 15.8. The average Bonchev–Trinajstić information content (AvgIpc) is 1.48. The van der Waals surface area contributed by atoms with E-state index in [0.717, 1.165) is 205 Å². The molecule has 1 aromatic carbocycles. The maximum Gasteiger partial charge on any atom is 0.115 e. The van der Waals surface area contributed by atoms with Crippen molar-refractivity contribution in [1.29, 1.82) is 0 Å². The Morgan fingerprint density at radius 2 is 0.483 bits per heavy atom. The summed E-state index contributed by atoms with van der Waals surface area (Å²) < 4.78 is 0. The number of phenols is 1. The van der Waals surface area contributed by atoms with Gasteiger partial charge in [0.05, 0.1) is 97.2 Å². The number of benzene rings is 1. The van der Waals surface area contributed by atoms with Crippen molar-refractivity contribution in [3.63, 3.8) is 0 Å². The molecule has 18 nitrogen and oxygen atoms in total. The van der Waals surface area contributed by atoms with Crippen molar-refractivity contribution >= 4 is 185 Å². The summed E-state index contributed by atoms with van der Waals surface area (Å²) in [6.07, 6.45) is 39.0. The van der Waals surface area contributed by atoms with Crippen molar-refractivity contribution in [3.05, 3.63) is 315 Å². The highest BCUT2D eigenvalue weighted by molar-refractivity contribution is 5.83. The number of nitrogens with one attached hydrogen (secondary N) is 8. The number of hydrogen-bond donors (Lipinski definition) is 10. The van der Waals surface area contributed by atoms with Gasteiger partial charge in [-0.25, -0.2) is 39.9 Å². The van der Waals surface area contributed by atoms with Gasteiger partial charge in [0.1, 0.15) is 5.75 Å². The smallest absolute Gasteiger partial charge is 0.115 e. The van der Waals surface area contributed by atoms with E-state index in [0.29, 0.717) is 17.6 Å². The lowest BCUT2D eigenvalue weighted by molar-refractivity contribution is -0.0226. The highest BCUT2D eigenvalue weighted by atomic mass is 16.3. The molecule has 12 aromatic heterocycles. The first kappa shape index (κ1) is 70.5. The number of aromatic amines is 8. The van der Waals surface area contributed by atoms with Gasteiger partial charge in [0.25, 0.3) is 0 Å². The van der Waals surface area contributed by atoms with Gasteiger partial charge < -0.3 is 50.1 Å². The van der Waals surface area contributed by atoms with Gasteiger partial charge in [0, 0.05) is 88.3 Å². The largest absolute Gasteiger partial charge is 0.508 e. The predicted octanol–water partition coefficient (Wildman–Crippen LogP) is 22.2. The first-order valence-electron chi connectivity index (χ1n) is 39.5. The van der Waals surface area contributed by atoms with Gasteiger partial charge in [-0.2, -0.15) is 0 Å². The van der Waals surface area contributed by atoms with Crippen LogP contribution in [0.5, 0.6) is 5.75 Å². The quantitative estimate of drug-likeness (QED) is 0.0686. The van der Waals surface area contributed by atoms with Crippen LogP contribution >= 0.6 is 0 Å². The van der Waals surface area contributed by atoms with Gasteiger partial charge in [-0.1, -0.05) is 13.0 Å². The molecule has 20 heterocycles. The summed E-state index contributed by atoms with van der Waals surface area (Å²) in [5.41, 5.74) is 34.4. The lowest BCUT2D eigenvalue weighted by atomic mass is 9.55. The number of fused-ring (bicyclic) bond motifs is 37. The first-order valence-corrected chi connectivity index (χ1v) is 39.5. The SMILES string of the molecule is C1=Cc2cc3ccc(cc4ccc(cc5nc(cc1n2)C=C5)[nH]4)[nH]3.C1=Cc2cc3ccc(cc4ccc(cc5nc(cc1n2)C=C5)[nH]4)[nH]3.C1=Cc2cc3ccc(cc4ccc(cc5nc(cc1n2)C=C5)[nH]4)[nH]3.C1=Cc2cc3ccc(cc4ccc(cc5nc(cc1n2)C=C5)[nH]4)[nH]3.C[C@]12CC[C@@H]3c4ccc(O)cc4CC[C@H]3[C@@H]1CCC2O. The summed E-state index contributed by atoms with van der Waals surface area (Å²) in [7, 11) is 0. The molecule has 5 atom stereocenters. The number of H-pyrrole nitrogens is 8. The maximum absolute atomic E-state index is 10.4. The molecule has 18 heteroatoms. The van der Waals surface area contributed by atoms with Crippen molar-refractivity contribution in [2.45, 2.75) is 57.5 Å². The van der Waals surface area contributed by atoms with E-state index in [4.69, 9.17) is 0 Å². The van der Waals surface area contributed by atoms with Crippen molar-refractivity contribution in [2.75, 3.05) is 0 Å². The molecule has 0 radical (unpaired) electrons. The fourth-order valence-electron chi connectivity index (χ4n) is 17.3. The van der Waals surface area contributed by atoms with E-state index >= 15 is 0 Å². The second-order valence-corrected chi connectivity index (χ2v) is 31.1. The van der Waals surface area contributed by atoms with Gasteiger partial charge in [-0.3, -0.25) is 0 Å². The number of rotatable bonds is 0. The van der Waals surface area contributed by atoms with Gasteiger partial charge in [-0.15, -0.1) is 0 Å². The van der Waals surface area contributed by atoms with Crippen LogP contribution in [-0.2, 0) is 6.42 Å². The number of aliphatic hydroxyl groups excluding tert-OH is 1. The molecule has 116 heavy (non-hydrogen) atoms. The minimum absolute atomic E-state index is 0.0883. The van der Waals surface area contributed by atoms with Crippen LogP contribution in [0, 0.1) is 17.3 Å². The molecule has 24 rings (SSSR count). The minimum atomic E-state index is -0.0883. The second-order valence-electron chi connectivity index (χ2n) is 31.1. The van der Waals surface area contributed by atoms with Crippen LogP contribution in [0.2, 0.25) is 0 Å². The van der Waals surface area contributed by atoms with E-state index in [1.54, 1.807) is 0 Å². The Hall–Kier alpha value is -14.6. The molecule has 3 aliphatic carbocycles. The number of nitrogens with zero attached hydrogens (tertiary/aromatic N) is 8. The van der Waals surface area contributed by atoms with E-state index in [2.05, 4.69) is 214 Å². The average molecular weight is 1510 g/mol. The molecule has 0 saturated heterocycles. The van der Waals surface area contributed by atoms with E-state index < -0.39 is 0 Å². The molecule has 2 saturated carbocycles. The summed E-state index contributed by atoms with van der Waals surface area (Å²) in [6.45, 7) is 2.32. The molecular formula is C98H80N16O2. The zero-order valence-electron chi connectivity index (χ0n) is 63.5. The maximum atomic E-state index is 10.4. The number of aromatic nitrogens is 16. The van der Waals surface area contributed by atoms with Gasteiger partial charge in [0.2, 0.25) is 0 Å². The van der Waals surface area contributed by atoms with Crippen molar-refractivity contribution in [1.82, 2.24) is 79.7 Å². The third-order valence-electron chi connectivity index (χ3n) is 22.8. The topological polar surface area (TPSA) is 270 Å². The number of aryl methyl sites for hydroxylation is 1. The Morgan fingerprint density at radius 3 is 0.724 bits per heavy atom. The number of phenolic OH excluding ortho intramolecular Hbond substituents is 1. The molecule has 0 amide bonds. The highest BCUT2D eigenvalue weighted by Crippen LogP contribution is 2.61. The summed E-state index contributed by atoms with van der Waals surface area (Å²) in [5, 5.41) is 20.0. The van der Waals surface area contributed by atoms with Crippen LogP contribution in [0.15, 0.2) is 212 Å². The Bertz CT molecular complexity index is 6010. The number of aliphatic hydroxyl groups is 1. The lowest BCUT2D eigenvalue weighted by Crippen LogP contribution is -2.43. The molecule has 0 spiro atoms. The molecule has 2 fully saturated rings. The molecule has 1 unspecified atom stereocenters. The zero-order valence-corrected chi connectivity index (χ0v) is 63.5. The monoisotopic (exact) mass is 1510 g/mol. The van der Waals surface area contributed by atoms with Crippen LogP contribution in [0.1, 0.15) is 147 Å². The second kappa shape index (κ2) is 30.1. The van der Waals surface area contributed by atoms with E-state index in [9.17, 15) is 10.2 Å². The van der Waals surface area contributed by atoms with Crippen LogP contribution in [0.4, 0.5) is 0 Å². The molecular weight excluding hydrogens is 1430 g/mol. The zero-order chi connectivity index (χ0) is 77.6. The Kier molecular flexibility index (Phi) is 18.3. The van der Waals surface area contributed by atoms with Crippen LogP contribution in [-0.4, -0.2) is 96.1 Å². The van der Waals surface area contributed by atoms with Crippen molar-refractivity contribution in [3.8, 4) is 5.75 Å². The van der Waals surface area contributed by atoms with E-state index in [1.165, 1.54) is 30.4 Å². The Morgan fingerprint density at radius 1 is 0.259 bits per heavy atom. The van der Waals surface area contributed by atoms with E-state index in [1.807, 2.05) is 182 Å². The van der Waals surface area contributed by atoms with Gasteiger partial charge in [-0.05, 0) is 376 Å². The molecule has 10 N–H and O–H groups in total. The minimum Gasteiger partial charge on any atom is -0.508 e. The molecule has 8 aliphatic heterocycles. The van der Waals surface area contributed by atoms with Crippen LogP contribution < -0.4 is 0 Å². The van der Waals surface area contributed by atoms with Crippen molar-refractivity contribution in [2.24, 2.45) is 17.3 Å². The lowest BCUT2D eigenvalue weighted by Gasteiger charge is -2.50. The predicted molar refractivity (Wildman–Crippen MR) is 474 cm³/mol. The fourth-order valence-corrected chi connectivity index (χ4v) is 17.3. The summed E-state index contributed by atoms with van der Waals surface area (Å²) in [5.74, 6) is 2.49. The van der Waals surface area contributed by atoms with E-state index in [-0.39, 0.29) is 11.5 Å². The molecule has 11 aliphatic rings. The number of aromatic hydroxyl groups is 1. The summed E-state index contributed by atoms with van der Waals surface area (Å²) in [4.78, 5) is 64.1. The normalized spacial score (nSPS) is 17.8. The molecule has 32 bridgehead atoms. The fraction of sp³-hybridized carbons (Fsp3) is 0.122.